The van der Waals surface area contributed by atoms with E-state index < -0.39 is 0 Å². The fourth-order valence-corrected chi connectivity index (χ4v) is 3.37. The van der Waals surface area contributed by atoms with Crippen LogP contribution in [-0.4, -0.2) is 50.5 Å². The van der Waals surface area contributed by atoms with Gasteiger partial charge in [0.05, 0.1) is 17.2 Å². The molecule has 0 radical (unpaired) electrons. The van der Waals surface area contributed by atoms with Gasteiger partial charge in [0.2, 0.25) is 0 Å². The number of aliphatic imine (C=N–C) groups is 1. The Morgan fingerprint density at radius 1 is 1.35 bits per heavy atom. The highest BCUT2D eigenvalue weighted by molar-refractivity contribution is 14.0. The fourth-order valence-electron chi connectivity index (χ4n) is 2.63. The van der Waals surface area contributed by atoms with Gasteiger partial charge in [0.15, 0.2) is 5.96 Å². The molecule has 26 heavy (non-hydrogen) atoms. The number of nitrogens with one attached hydrogen (secondary N) is 2. The molecule has 0 unspecified atom stereocenters. The summed E-state index contributed by atoms with van der Waals surface area (Å²) < 4.78 is 11.2. The molecule has 0 aromatic carbocycles. The van der Waals surface area contributed by atoms with Gasteiger partial charge in [-0.05, 0) is 38.5 Å². The first kappa shape index (κ1) is 23.6. The van der Waals surface area contributed by atoms with E-state index in [9.17, 15) is 0 Å². The minimum Gasteiger partial charge on any atom is -0.381 e. The summed E-state index contributed by atoms with van der Waals surface area (Å²) >= 11 is 1.71. The number of nitrogens with zero attached hydrogens (tertiary/aromatic N) is 2. The average Bonchev–Trinajstić information content (AvgIpc) is 3.11. The summed E-state index contributed by atoms with van der Waals surface area (Å²) in [5.74, 6) is 1.52. The van der Waals surface area contributed by atoms with Crippen molar-refractivity contribution in [2.75, 3.05) is 39.5 Å². The highest BCUT2D eigenvalue weighted by Crippen LogP contribution is 2.14. The van der Waals surface area contributed by atoms with Gasteiger partial charge in [-0.25, -0.2) is 9.98 Å². The molecule has 1 aliphatic rings. The van der Waals surface area contributed by atoms with Gasteiger partial charge >= 0.3 is 0 Å². The van der Waals surface area contributed by atoms with Gasteiger partial charge in [0.1, 0.15) is 0 Å². The number of aromatic nitrogens is 1. The summed E-state index contributed by atoms with van der Waals surface area (Å²) in [6.07, 6.45) is 4.22. The van der Waals surface area contributed by atoms with E-state index >= 15 is 0 Å². The number of thiazole rings is 1. The van der Waals surface area contributed by atoms with E-state index in [0.29, 0.717) is 12.5 Å². The zero-order valence-corrected chi connectivity index (χ0v) is 19.1. The van der Waals surface area contributed by atoms with Crippen molar-refractivity contribution in [1.29, 1.82) is 0 Å². The predicted molar refractivity (Wildman–Crippen MR) is 119 cm³/mol. The standard InChI is InChI=1S/C18H32N4O2S.HI/c1-3-17-22-16(14-25-17)12-21-18(19-4-2)20-8-5-9-24-13-15-6-10-23-11-7-15;/h14-15H,3-13H2,1-2H3,(H2,19,20,21);1H. The first-order valence-electron chi connectivity index (χ1n) is 9.42. The van der Waals surface area contributed by atoms with Crippen molar-refractivity contribution in [3.8, 4) is 0 Å². The lowest BCUT2D eigenvalue weighted by Crippen LogP contribution is -2.38. The normalized spacial score (nSPS) is 15.5. The lowest BCUT2D eigenvalue weighted by atomic mass is 10.0. The van der Waals surface area contributed by atoms with Crippen LogP contribution in [0.25, 0.3) is 0 Å². The minimum absolute atomic E-state index is 0. The second-order valence-electron chi connectivity index (χ2n) is 6.19. The van der Waals surface area contributed by atoms with Gasteiger partial charge in [0.25, 0.3) is 0 Å². The number of rotatable bonds is 10. The smallest absolute Gasteiger partial charge is 0.191 e. The molecular weight excluding hydrogens is 463 g/mol. The SMILES string of the molecule is CCNC(=NCc1csc(CC)n1)NCCCOCC1CCOCC1.I. The minimum atomic E-state index is 0. The van der Waals surface area contributed by atoms with Gasteiger partial charge in [-0.15, -0.1) is 35.3 Å². The van der Waals surface area contributed by atoms with E-state index in [0.717, 1.165) is 76.9 Å². The molecule has 1 aromatic rings. The quantitative estimate of drug-likeness (QED) is 0.225. The maximum Gasteiger partial charge on any atom is 0.191 e. The van der Waals surface area contributed by atoms with Gasteiger partial charge in [0, 0.05) is 44.9 Å². The van der Waals surface area contributed by atoms with Crippen molar-refractivity contribution in [2.24, 2.45) is 10.9 Å². The molecule has 0 aliphatic carbocycles. The van der Waals surface area contributed by atoms with Gasteiger partial charge in [-0.1, -0.05) is 6.92 Å². The first-order chi connectivity index (χ1) is 12.3. The van der Waals surface area contributed by atoms with Crippen LogP contribution < -0.4 is 10.6 Å². The molecule has 6 nitrogen and oxygen atoms in total. The molecule has 1 fully saturated rings. The summed E-state index contributed by atoms with van der Waals surface area (Å²) in [5, 5.41) is 9.91. The highest BCUT2D eigenvalue weighted by atomic mass is 127. The Kier molecular flexibility index (Phi) is 13.2. The molecular formula is C18H33IN4O2S. The summed E-state index contributed by atoms with van der Waals surface area (Å²) in [6, 6.07) is 0. The second-order valence-corrected chi connectivity index (χ2v) is 7.13. The van der Waals surface area contributed by atoms with Crippen LogP contribution in [0.2, 0.25) is 0 Å². The van der Waals surface area contributed by atoms with E-state index in [1.165, 1.54) is 5.01 Å². The van der Waals surface area contributed by atoms with E-state index in [4.69, 9.17) is 9.47 Å². The Morgan fingerprint density at radius 3 is 2.85 bits per heavy atom. The van der Waals surface area contributed by atoms with E-state index in [-0.39, 0.29) is 24.0 Å². The monoisotopic (exact) mass is 496 g/mol. The summed E-state index contributed by atoms with van der Waals surface area (Å²) in [5.41, 5.74) is 1.04. The molecule has 0 spiro atoms. The summed E-state index contributed by atoms with van der Waals surface area (Å²) in [4.78, 5) is 9.16. The third-order valence-corrected chi connectivity index (χ3v) is 5.14. The topological polar surface area (TPSA) is 67.8 Å². The average molecular weight is 496 g/mol. The maximum absolute atomic E-state index is 5.79. The van der Waals surface area contributed by atoms with Crippen molar-refractivity contribution >= 4 is 41.3 Å². The second kappa shape index (κ2) is 14.6. The molecule has 0 amide bonds. The lowest BCUT2D eigenvalue weighted by molar-refractivity contribution is 0.0203. The molecule has 1 saturated heterocycles. The molecule has 1 aromatic heterocycles. The van der Waals surface area contributed by atoms with E-state index in [1.807, 2.05) is 0 Å². The zero-order valence-electron chi connectivity index (χ0n) is 16.0. The van der Waals surface area contributed by atoms with Gasteiger partial charge in [-0.3, -0.25) is 0 Å². The number of hydrogen-bond donors (Lipinski definition) is 2. The van der Waals surface area contributed by atoms with Gasteiger partial charge in [-0.2, -0.15) is 0 Å². The van der Waals surface area contributed by atoms with Crippen molar-refractivity contribution in [3.05, 3.63) is 16.1 Å². The zero-order chi connectivity index (χ0) is 17.7. The third-order valence-electron chi connectivity index (χ3n) is 4.10. The van der Waals surface area contributed by atoms with Crippen LogP contribution in [0.5, 0.6) is 0 Å². The molecule has 150 valence electrons. The highest BCUT2D eigenvalue weighted by Gasteiger charge is 2.13. The Labute approximate surface area is 178 Å². The molecule has 0 saturated carbocycles. The molecule has 0 atom stereocenters. The van der Waals surface area contributed by atoms with Crippen molar-refractivity contribution in [2.45, 2.75) is 46.1 Å². The van der Waals surface area contributed by atoms with Crippen LogP contribution in [-0.2, 0) is 22.4 Å². The third kappa shape index (κ3) is 9.48. The van der Waals surface area contributed by atoms with E-state index in [1.54, 1.807) is 11.3 Å². The Morgan fingerprint density at radius 2 is 2.15 bits per heavy atom. The van der Waals surface area contributed by atoms with Crippen LogP contribution in [0.15, 0.2) is 10.4 Å². The molecule has 0 bridgehead atoms. The van der Waals surface area contributed by atoms with Crippen molar-refractivity contribution in [1.82, 2.24) is 15.6 Å². The maximum atomic E-state index is 5.79. The lowest BCUT2D eigenvalue weighted by Gasteiger charge is -2.21. The first-order valence-corrected chi connectivity index (χ1v) is 10.3. The number of halogens is 1. The van der Waals surface area contributed by atoms with E-state index in [2.05, 4.69) is 39.8 Å². The number of hydrogen-bond acceptors (Lipinski definition) is 5. The fraction of sp³-hybridized carbons (Fsp3) is 0.778. The molecule has 2 N–H and O–H groups in total. The van der Waals surface area contributed by atoms with Gasteiger partial charge < -0.3 is 20.1 Å². The number of aryl methyl sites for hydroxylation is 1. The molecule has 2 heterocycles. The van der Waals surface area contributed by atoms with Crippen molar-refractivity contribution in [3.63, 3.8) is 0 Å². The van der Waals surface area contributed by atoms with Crippen LogP contribution in [0.1, 0.15) is 43.8 Å². The Balaban J connectivity index is 0.00000338. The molecule has 8 heteroatoms. The van der Waals surface area contributed by atoms with Crippen LogP contribution >= 0.6 is 35.3 Å². The molecule has 1 aliphatic heterocycles. The largest absolute Gasteiger partial charge is 0.381 e. The Bertz CT molecular complexity index is 507. The van der Waals surface area contributed by atoms with Crippen LogP contribution in [0.3, 0.4) is 0 Å². The Hall–Kier alpha value is -0.450. The number of guanidine groups is 1. The predicted octanol–water partition coefficient (Wildman–Crippen LogP) is 3.21. The summed E-state index contributed by atoms with van der Waals surface area (Å²) in [7, 11) is 0. The number of ether oxygens (including phenoxy) is 2. The van der Waals surface area contributed by atoms with Crippen LogP contribution in [0.4, 0.5) is 0 Å². The van der Waals surface area contributed by atoms with Crippen molar-refractivity contribution < 1.29 is 9.47 Å². The summed E-state index contributed by atoms with van der Waals surface area (Å²) in [6.45, 7) is 9.95. The molecule has 2 rings (SSSR count). The van der Waals surface area contributed by atoms with Crippen LogP contribution in [0, 0.1) is 5.92 Å².